The van der Waals surface area contributed by atoms with Gasteiger partial charge in [-0.15, -0.1) is 0 Å². The van der Waals surface area contributed by atoms with Crippen LogP contribution in [0.15, 0.2) is 0 Å². The van der Waals surface area contributed by atoms with Gasteiger partial charge in [0.15, 0.2) is 12.1 Å². The van der Waals surface area contributed by atoms with E-state index in [2.05, 4.69) is 30.9 Å². The van der Waals surface area contributed by atoms with Crippen LogP contribution in [-0.2, 0) is 4.94 Å². The smallest absolute Gasteiger partial charge is 0.254 e. The number of carbonyl (C=O) groups excluding carboxylic acids is 1. The zero-order valence-electron chi connectivity index (χ0n) is 5.24. The second-order valence-corrected chi connectivity index (χ2v) is 1.76. The monoisotopic (exact) mass is 153 g/mol. The van der Waals surface area contributed by atoms with E-state index in [1.807, 2.05) is 0 Å². The molecule has 2 rings (SSSR count). The Bertz CT molecular complexity index is 278. The maximum absolute atomic E-state index is 10.2. The second kappa shape index (κ2) is 2.13. The number of carbonyl (C=O) groups is 1. The first kappa shape index (κ1) is 5.98. The number of nitrogens with zero attached hydrogens (tertiary/aromatic N) is 3. The lowest BCUT2D eigenvalue weighted by molar-refractivity contribution is 0.111. The van der Waals surface area contributed by atoms with E-state index in [1.54, 1.807) is 0 Å². The van der Waals surface area contributed by atoms with Gasteiger partial charge in [0.25, 0.3) is 11.9 Å². The quantitative estimate of drug-likeness (QED) is 0.519. The molecule has 1 aromatic rings. The summed E-state index contributed by atoms with van der Waals surface area (Å²) in [6, 6.07) is 0. The zero-order valence-corrected chi connectivity index (χ0v) is 5.24. The number of aromatic nitrogens is 3. The van der Waals surface area contributed by atoms with E-state index in [4.69, 9.17) is 0 Å². The highest BCUT2D eigenvalue weighted by Gasteiger charge is 2.10. The Morgan fingerprint density at radius 3 is 2.36 bits per heavy atom. The predicted molar refractivity (Wildman–Crippen MR) is 33.5 cm³/mol. The Kier molecular flexibility index (Phi) is 1.16. The highest BCUT2D eigenvalue weighted by Crippen LogP contribution is 2.08. The summed E-state index contributed by atoms with van der Waals surface area (Å²) in [6.45, 7) is 0. The molecule has 0 saturated heterocycles. The van der Waals surface area contributed by atoms with Crippen LogP contribution in [0.1, 0.15) is 10.6 Å². The molecule has 0 atom stereocenters. The lowest BCUT2D eigenvalue weighted by Crippen LogP contribution is -2.20. The standard InChI is InChI=1S/C4H3N5O2/c10-1-2-5-3-7-4(6-2)9-11-8-3/h1H,(H2,5,6,7,8,9). The van der Waals surface area contributed by atoms with Crippen LogP contribution in [0.4, 0.5) is 11.9 Å². The molecule has 2 bridgehead atoms. The molecule has 1 aliphatic heterocycles. The first-order valence-corrected chi connectivity index (χ1v) is 2.77. The largest absolute Gasteiger partial charge is 0.294 e. The Morgan fingerprint density at radius 2 is 1.82 bits per heavy atom. The SMILES string of the molecule is O=Cc1nc2nc(n1)NON2. The average Bonchev–Trinajstić information content (AvgIpc) is 2.03. The van der Waals surface area contributed by atoms with Crippen molar-refractivity contribution in [2.45, 2.75) is 0 Å². The third-order valence-corrected chi connectivity index (χ3v) is 1.04. The van der Waals surface area contributed by atoms with E-state index >= 15 is 0 Å². The number of aldehydes is 1. The maximum atomic E-state index is 10.2. The molecule has 2 N–H and O–H groups in total. The Morgan fingerprint density at radius 1 is 1.18 bits per heavy atom. The van der Waals surface area contributed by atoms with Crippen molar-refractivity contribution in [3.8, 4) is 0 Å². The van der Waals surface area contributed by atoms with Gasteiger partial charge in [-0.05, 0) is 0 Å². The van der Waals surface area contributed by atoms with Gasteiger partial charge < -0.3 is 0 Å². The lowest BCUT2D eigenvalue weighted by Gasteiger charge is -2.11. The molecular weight excluding hydrogens is 150 g/mol. The number of hydrogen-bond donors (Lipinski definition) is 2. The minimum atomic E-state index is 0.0632. The number of fused-ring (bicyclic) bond motifs is 2. The molecule has 0 radical (unpaired) electrons. The van der Waals surface area contributed by atoms with Gasteiger partial charge in [0, 0.05) is 0 Å². The van der Waals surface area contributed by atoms with E-state index in [0.717, 1.165) is 0 Å². The van der Waals surface area contributed by atoms with Gasteiger partial charge in [-0.2, -0.15) is 19.9 Å². The summed E-state index contributed by atoms with van der Waals surface area (Å²) in [4.78, 5) is 25.8. The van der Waals surface area contributed by atoms with Crippen LogP contribution in [-0.4, -0.2) is 21.2 Å². The predicted octanol–water partition coefficient (Wildman–Crippen LogP) is -0.632. The molecule has 7 heteroatoms. The summed E-state index contributed by atoms with van der Waals surface area (Å²) in [6.07, 6.45) is 0.531. The second-order valence-electron chi connectivity index (χ2n) is 1.76. The third-order valence-electron chi connectivity index (χ3n) is 1.04. The highest BCUT2D eigenvalue weighted by atomic mass is 16.8. The summed E-state index contributed by atoms with van der Waals surface area (Å²) in [5.74, 6) is 0.500. The molecule has 0 aliphatic carbocycles. The van der Waals surface area contributed by atoms with Gasteiger partial charge in [0.2, 0.25) is 0 Å². The summed E-state index contributed by atoms with van der Waals surface area (Å²) in [7, 11) is 0. The molecule has 0 spiro atoms. The van der Waals surface area contributed by atoms with Crippen LogP contribution >= 0.6 is 0 Å². The van der Waals surface area contributed by atoms with Gasteiger partial charge in [-0.1, -0.05) is 0 Å². The lowest BCUT2D eigenvalue weighted by atomic mass is 10.6. The van der Waals surface area contributed by atoms with Crippen LogP contribution in [0.2, 0.25) is 0 Å². The van der Waals surface area contributed by atoms with Gasteiger partial charge >= 0.3 is 0 Å². The summed E-state index contributed by atoms with van der Waals surface area (Å²) in [5, 5.41) is 0. The summed E-state index contributed by atoms with van der Waals surface area (Å²) in [5.41, 5.74) is 4.65. The van der Waals surface area contributed by atoms with E-state index < -0.39 is 0 Å². The number of hydrogen-bond acceptors (Lipinski definition) is 7. The van der Waals surface area contributed by atoms with Gasteiger partial charge in [0.05, 0.1) is 0 Å². The number of nitrogens with one attached hydrogen (secondary N) is 2. The molecule has 1 aromatic heterocycles. The minimum Gasteiger partial charge on any atom is -0.294 e. The Balaban J connectivity index is 2.52. The van der Waals surface area contributed by atoms with Crippen molar-refractivity contribution in [2.75, 3.05) is 11.0 Å². The molecule has 0 aromatic carbocycles. The molecule has 7 nitrogen and oxygen atoms in total. The van der Waals surface area contributed by atoms with Crippen molar-refractivity contribution in [3.63, 3.8) is 0 Å². The van der Waals surface area contributed by atoms with E-state index in [9.17, 15) is 4.79 Å². The fourth-order valence-corrected chi connectivity index (χ4v) is 0.653. The molecule has 1 aliphatic rings. The van der Waals surface area contributed by atoms with Crippen molar-refractivity contribution in [2.24, 2.45) is 0 Å². The Hall–Kier alpha value is -1.76. The molecule has 11 heavy (non-hydrogen) atoms. The van der Waals surface area contributed by atoms with E-state index in [1.165, 1.54) is 0 Å². The Labute approximate surface area is 60.7 Å². The van der Waals surface area contributed by atoms with Gasteiger partial charge in [-0.3, -0.25) is 4.79 Å². The minimum absolute atomic E-state index is 0.0632. The van der Waals surface area contributed by atoms with Gasteiger partial charge in [-0.25, -0.2) is 11.0 Å². The molecule has 2 heterocycles. The fourth-order valence-electron chi connectivity index (χ4n) is 0.653. The maximum Gasteiger partial charge on any atom is 0.254 e. The van der Waals surface area contributed by atoms with Crippen LogP contribution in [0.3, 0.4) is 0 Å². The highest BCUT2D eigenvalue weighted by molar-refractivity contribution is 5.70. The first-order valence-electron chi connectivity index (χ1n) is 2.77. The third kappa shape index (κ3) is 0.964. The number of anilines is 2. The normalized spacial score (nSPS) is 13.1. The van der Waals surface area contributed by atoms with Crippen molar-refractivity contribution < 1.29 is 9.73 Å². The van der Waals surface area contributed by atoms with Gasteiger partial charge in [0.1, 0.15) is 0 Å². The van der Waals surface area contributed by atoms with Crippen molar-refractivity contribution in [1.82, 2.24) is 15.0 Å². The van der Waals surface area contributed by atoms with Crippen LogP contribution in [0.25, 0.3) is 0 Å². The average molecular weight is 153 g/mol. The molecular formula is C4H3N5O2. The molecule has 56 valence electrons. The molecule has 0 saturated carbocycles. The molecule has 0 unspecified atom stereocenters. The van der Waals surface area contributed by atoms with Crippen LogP contribution < -0.4 is 11.0 Å². The van der Waals surface area contributed by atoms with Crippen LogP contribution in [0.5, 0.6) is 0 Å². The van der Waals surface area contributed by atoms with Crippen molar-refractivity contribution >= 4 is 18.2 Å². The zero-order chi connectivity index (χ0) is 7.68. The molecule has 0 fully saturated rings. The summed E-state index contributed by atoms with van der Waals surface area (Å²) < 4.78 is 0. The number of rotatable bonds is 1. The van der Waals surface area contributed by atoms with E-state index in [0.29, 0.717) is 6.29 Å². The summed E-state index contributed by atoms with van der Waals surface area (Å²) >= 11 is 0. The molecule has 0 amide bonds. The van der Waals surface area contributed by atoms with Crippen LogP contribution in [0, 0.1) is 0 Å². The fraction of sp³-hybridized carbons (Fsp3) is 0. The first-order chi connectivity index (χ1) is 5.38. The van der Waals surface area contributed by atoms with E-state index in [-0.39, 0.29) is 17.7 Å². The van der Waals surface area contributed by atoms with Crippen molar-refractivity contribution in [3.05, 3.63) is 5.82 Å². The topological polar surface area (TPSA) is 89.0 Å². The van der Waals surface area contributed by atoms with Crippen molar-refractivity contribution in [1.29, 1.82) is 0 Å².